The van der Waals surface area contributed by atoms with Crippen LogP contribution < -0.4 is 10.1 Å². The number of fused-ring (bicyclic) bond motifs is 1. The predicted octanol–water partition coefficient (Wildman–Crippen LogP) is 3.42. The zero-order valence-corrected chi connectivity index (χ0v) is 16.2. The van der Waals surface area contributed by atoms with E-state index in [4.69, 9.17) is 4.74 Å². The summed E-state index contributed by atoms with van der Waals surface area (Å²) in [5.74, 6) is 1.23. The summed E-state index contributed by atoms with van der Waals surface area (Å²) >= 11 is 0. The molecule has 3 heterocycles. The van der Waals surface area contributed by atoms with Gasteiger partial charge in [0.25, 0.3) is 0 Å². The van der Waals surface area contributed by atoms with Crippen molar-refractivity contribution in [1.29, 1.82) is 0 Å². The van der Waals surface area contributed by atoms with Crippen molar-refractivity contribution in [1.82, 2.24) is 25.4 Å². The van der Waals surface area contributed by atoms with E-state index in [1.54, 1.807) is 6.20 Å². The number of hydrogen-bond donors (Lipinski definition) is 3. The molecule has 4 rings (SSSR count). The normalized spacial score (nSPS) is 17.0. The Labute approximate surface area is 164 Å². The Kier molecular flexibility index (Phi) is 5.50. The highest BCUT2D eigenvalue weighted by molar-refractivity contribution is 5.89. The maximum Gasteiger partial charge on any atom is 0.317 e. The number of urea groups is 1. The van der Waals surface area contributed by atoms with E-state index in [1.807, 2.05) is 42.3 Å². The van der Waals surface area contributed by atoms with Gasteiger partial charge in [0.2, 0.25) is 0 Å². The number of carbonyl (C=O) groups excluding carboxylic acids is 1. The summed E-state index contributed by atoms with van der Waals surface area (Å²) in [6, 6.07) is 8.03. The number of piperidine rings is 1. The Morgan fingerprint density at radius 1 is 1.39 bits per heavy atom. The van der Waals surface area contributed by atoms with Crippen molar-refractivity contribution in [3.8, 4) is 5.75 Å². The van der Waals surface area contributed by atoms with E-state index in [2.05, 4.69) is 20.5 Å². The lowest BCUT2D eigenvalue weighted by atomic mass is 9.95. The molecule has 0 bridgehead atoms. The van der Waals surface area contributed by atoms with Crippen LogP contribution >= 0.6 is 0 Å². The fourth-order valence-electron chi connectivity index (χ4n) is 4.02. The molecule has 1 aliphatic heterocycles. The zero-order valence-electron chi connectivity index (χ0n) is 16.2. The molecular weight excluding hydrogens is 354 g/mol. The summed E-state index contributed by atoms with van der Waals surface area (Å²) in [6.07, 6.45) is 6.63. The van der Waals surface area contributed by atoms with E-state index in [9.17, 15) is 4.79 Å². The third-order valence-electron chi connectivity index (χ3n) is 5.39. The van der Waals surface area contributed by atoms with Gasteiger partial charge in [0.15, 0.2) is 0 Å². The van der Waals surface area contributed by atoms with Crippen LogP contribution in [-0.2, 0) is 6.42 Å². The molecule has 1 aliphatic rings. The molecule has 1 saturated heterocycles. The molecule has 2 aromatic heterocycles. The third kappa shape index (κ3) is 3.83. The van der Waals surface area contributed by atoms with Crippen molar-refractivity contribution in [2.45, 2.75) is 32.1 Å². The first-order valence-corrected chi connectivity index (χ1v) is 10.00. The number of aromatic amines is 2. The lowest BCUT2D eigenvalue weighted by Gasteiger charge is -2.32. The number of hydrogen-bond acceptors (Lipinski definition) is 3. The molecule has 28 heavy (non-hydrogen) atoms. The third-order valence-corrected chi connectivity index (χ3v) is 5.39. The first kappa shape index (κ1) is 18.4. The van der Waals surface area contributed by atoms with E-state index in [1.165, 1.54) is 0 Å². The van der Waals surface area contributed by atoms with Gasteiger partial charge < -0.3 is 19.9 Å². The molecule has 1 aromatic carbocycles. The summed E-state index contributed by atoms with van der Waals surface area (Å²) in [7, 11) is 0. The minimum absolute atomic E-state index is 0.00842. The fourth-order valence-corrected chi connectivity index (χ4v) is 4.02. The second-order valence-corrected chi connectivity index (χ2v) is 7.20. The fraction of sp³-hybridized carbons (Fsp3) is 0.429. The highest BCUT2D eigenvalue weighted by atomic mass is 16.5. The molecule has 0 aliphatic carbocycles. The Balaban J connectivity index is 1.35. The van der Waals surface area contributed by atoms with Crippen molar-refractivity contribution >= 4 is 16.9 Å². The predicted molar refractivity (Wildman–Crippen MR) is 109 cm³/mol. The first-order chi connectivity index (χ1) is 13.8. The van der Waals surface area contributed by atoms with E-state index in [0.717, 1.165) is 60.3 Å². The lowest BCUT2D eigenvalue weighted by Crippen LogP contribution is -2.45. The summed E-state index contributed by atoms with van der Waals surface area (Å²) in [6.45, 7) is 4.75. The number of aromatic nitrogens is 3. The molecule has 0 spiro atoms. The summed E-state index contributed by atoms with van der Waals surface area (Å²) in [5, 5.41) is 11.3. The molecule has 148 valence electrons. The van der Waals surface area contributed by atoms with Gasteiger partial charge in [-0.2, -0.15) is 5.10 Å². The van der Waals surface area contributed by atoms with Gasteiger partial charge in [0.05, 0.1) is 6.61 Å². The van der Waals surface area contributed by atoms with Gasteiger partial charge in [-0.3, -0.25) is 5.10 Å². The highest BCUT2D eigenvalue weighted by Crippen LogP contribution is 2.29. The highest BCUT2D eigenvalue weighted by Gasteiger charge is 2.25. The number of carbonyl (C=O) groups is 1. The van der Waals surface area contributed by atoms with Crippen molar-refractivity contribution < 1.29 is 9.53 Å². The number of nitrogens with zero attached hydrogens (tertiary/aromatic N) is 2. The molecule has 3 aromatic rings. The van der Waals surface area contributed by atoms with Gasteiger partial charge in [0.1, 0.15) is 5.75 Å². The van der Waals surface area contributed by atoms with Crippen LogP contribution in [0.3, 0.4) is 0 Å². The quantitative estimate of drug-likeness (QED) is 0.611. The van der Waals surface area contributed by atoms with Gasteiger partial charge in [-0.05, 0) is 49.9 Å². The SMILES string of the molecule is CCOc1cccc2[nH]cc(CCNC(=O)N3CCC[C@@H](c4ccn[nH]4)C3)c12. The van der Waals surface area contributed by atoms with Gasteiger partial charge in [-0.25, -0.2) is 4.79 Å². The number of likely N-dealkylation sites (tertiary alicyclic amines) is 1. The summed E-state index contributed by atoms with van der Waals surface area (Å²) < 4.78 is 5.76. The van der Waals surface area contributed by atoms with Crippen molar-refractivity contribution in [2.24, 2.45) is 0 Å². The molecule has 0 unspecified atom stereocenters. The van der Waals surface area contributed by atoms with Crippen LogP contribution in [0.2, 0.25) is 0 Å². The van der Waals surface area contributed by atoms with Crippen molar-refractivity contribution in [2.75, 3.05) is 26.2 Å². The minimum atomic E-state index is 0.00842. The summed E-state index contributed by atoms with van der Waals surface area (Å²) in [5.41, 5.74) is 3.33. The summed E-state index contributed by atoms with van der Waals surface area (Å²) in [4.78, 5) is 17.8. The second-order valence-electron chi connectivity index (χ2n) is 7.20. The number of H-pyrrole nitrogens is 2. The van der Waals surface area contributed by atoms with E-state index < -0.39 is 0 Å². The average molecular weight is 381 g/mol. The van der Waals surface area contributed by atoms with E-state index in [0.29, 0.717) is 19.1 Å². The van der Waals surface area contributed by atoms with Crippen LogP contribution in [0.25, 0.3) is 10.9 Å². The molecule has 0 saturated carbocycles. The van der Waals surface area contributed by atoms with Gasteiger partial charge in [0, 0.05) is 54.5 Å². The smallest absolute Gasteiger partial charge is 0.317 e. The molecule has 3 N–H and O–H groups in total. The Morgan fingerprint density at radius 3 is 3.14 bits per heavy atom. The maximum absolute atomic E-state index is 12.6. The minimum Gasteiger partial charge on any atom is -0.493 e. The number of nitrogens with one attached hydrogen (secondary N) is 3. The Morgan fingerprint density at radius 2 is 2.32 bits per heavy atom. The Hall–Kier alpha value is -2.96. The van der Waals surface area contributed by atoms with E-state index >= 15 is 0 Å². The van der Waals surface area contributed by atoms with Crippen LogP contribution in [0.5, 0.6) is 5.75 Å². The zero-order chi connectivity index (χ0) is 19.3. The Bertz CT molecular complexity index is 918. The molecule has 0 radical (unpaired) electrons. The van der Waals surface area contributed by atoms with Crippen LogP contribution in [-0.4, -0.2) is 52.4 Å². The van der Waals surface area contributed by atoms with Crippen LogP contribution in [0.15, 0.2) is 36.7 Å². The maximum atomic E-state index is 12.6. The first-order valence-electron chi connectivity index (χ1n) is 10.00. The lowest BCUT2D eigenvalue weighted by molar-refractivity contribution is 0.179. The molecule has 1 atom stereocenters. The topological polar surface area (TPSA) is 86.0 Å². The van der Waals surface area contributed by atoms with Crippen LogP contribution in [0, 0.1) is 0 Å². The second kappa shape index (κ2) is 8.37. The number of benzene rings is 1. The average Bonchev–Trinajstić information content (AvgIpc) is 3.39. The van der Waals surface area contributed by atoms with Crippen molar-refractivity contribution in [3.05, 3.63) is 47.9 Å². The number of ether oxygens (including phenoxy) is 1. The van der Waals surface area contributed by atoms with Crippen LogP contribution in [0.4, 0.5) is 4.79 Å². The van der Waals surface area contributed by atoms with Gasteiger partial charge in [-0.1, -0.05) is 6.07 Å². The number of rotatable bonds is 6. The molecule has 7 nitrogen and oxygen atoms in total. The van der Waals surface area contributed by atoms with E-state index in [-0.39, 0.29) is 6.03 Å². The standard InChI is InChI=1S/C21H27N5O2/c1-2-28-19-7-3-6-18-20(19)15(13-23-18)8-10-22-21(27)26-12-4-5-16(14-26)17-9-11-24-25-17/h3,6-7,9,11,13,16,23H,2,4-5,8,10,12,14H2,1H3,(H,22,27)(H,24,25)/t16-/m1/s1. The number of amides is 2. The molecule has 2 amide bonds. The molecule has 7 heteroatoms. The molecule has 1 fully saturated rings. The van der Waals surface area contributed by atoms with Gasteiger partial charge >= 0.3 is 6.03 Å². The van der Waals surface area contributed by atoms with Crippen LogP contribution in [0.1, 0.15) is 36.9 Å². The monoisotopic (exact) mass is 381 g/mol. The largest absolute Gasteiger partial charge is 0.493 e. The van der Waals surface area contributed by atoms with Gasteiger partial charge in [-0.15, -0.1) is 0 Å². The van der Waals surface area contributed by atoms with Crippen molar-refractivity contribution in [3.63, 3.8) is 0 Å². The molecular formula is C21H27N5O2.